The normalized spacial score (nSPS) is 10.7. The van der Waals surface area contributed by atoms with Gasteiger partial charge >= 0.3 is 11.4 Å². The lowest BCUT2D eigenvalue weighted by molar-refractivity contribution is 0.0698. The maximum absolute atomic E-state index is 10.9. The third-order valence-corrected chi connectivity index (χ3v) is 2.36. The van der Waals surface area contributed by atoms with Gasteiger partial charge in [0.1, 0.15) is 11.2 Å². The summed E-state index contributed by atoms with van der Waals surface area (Å²) in [5.41, 5.74) is 2.29. The lowest BCUT2D eigenvalue weighted by Crippen LogP contribution is -2.50. The molecular formula is C9H16ClN5O6. The van der Waals surface area contributed by atoms with Gasteiger partial charge in [0.15, 0.2) is 0 Å². The van der Waals surface area contributed by atoms with Crippen LogP contribution in [0.25, 0.3) is 11.2 Å². The number of aliphatic hydroxyl groups is 3. The smallest absolute Gasteiger partial charge is 0.327 e. The number of rotatable bonds is 3. The average Bonchev–Trinajstić information content (AvgIpc) is 2.79. The summed E-state index contributed by atoms with van der Waals surface area (Å²) in [4.78, 5) is 41.0. The molecule has 0 spiro atoms. The van der Waals surface area contributed by atoms with Crippen LogP contribution in [0.5, 0.6) is 0 Å². The fourth-order valence-corrected chi connectivity index (χ4v) is 1.11. The van der Waals surface area contributed by atoms with Crippen molar-refractivity contribution in [3.05, 3.63) is 31.3 Å². The number of halogens is 1. The summed E-state index contributed by atoms with van der Waals surface area (Å²) in [6, 6.07) is 0. The molecule has 0 amide bonds. The van der Waals surface area contributed by atoms with Gasteiger partial charge in [-0.2, -0.15) is 0 Å². The number of fused-ring (bicyclic) bond motifs is 1. The van der Waals surface area contributed by atoms with Crippen molar-refractivity contribution >= 4 is 23.6 Å². The van der Waals surface area contributed by atoms with Crippen molar-refractivity contribution in [1.82, 2.24) is 19.9 Å². The van der Waals surface area contributed by atoms with Crippen molar-refractivity contribution in [2.75, 3.05) is 19.8 Å². The van der Waals surface area contributed by atoms with Gasteiger partial charge in [0.2, 0.25) is 0 Å². The maximum atomic E-state index is 10.9. The predicted molar refractivity (Wildman–Crippen MR) is 75.6 cm³/mol. The van der Waals surface area contributed by atoms with E-state index in [9.17, 15) is 14.4 Å². The monoisotopic (exact) mass is 325 g/mol. The van der Waals surface area contributed by atoms with Gasteiger partial charge in [-0.1, -0.05) is 0 Å². The minimum absolute atomic E-state index is 0. The number of nitrogens with one attached hydrogen (secondary N) is 4. The number of aromatic nitrogens is 4. The Hall–Kier alpha value is -1.92. The molecule has 0 aromatic carbocycles. The zero-order valence-electron chi connectivity index (χ0n) is 10.7. The highest BCUT2D eigenvalue weighted by Gasteiger charge is 2.20. The second-order valence-corrected chi connectivity index (χ2v) is 4.07. The Morgan fingerprint density at radius 2 is 1.29 bits per heavy atom. The van der Waals surface area contributed by atoms with Crippen LogP contribution >= 0.6 is 12.4 Å². The molecule has 2 aromatic rings. The van der Waals surface area contributed by atoms with Crippen molar-refractivity contribution in [3.63, 3.8) is 0 Å². The molecule has 11 nitrogen and oxygen atoms in total. The highest BCUT2D eigenvalue weighted by atomic mass is 35.5. The molecule has 2 rings (SSSR count). The molecule has 0 fully saturated rings. The molecule has 9 N–H and O–H groups in total. The minimum Gasteiger partial charge on any atom is -0.394 e. The highest BCUT2D eigenvalue weighted by Crippen LogP contribution is 1.93. The van der Waals surface area contributed by atoms with E-state index in [1.54, 1.807) is 0 Å². The largest absolute Gasteiger partial charge is 0.394 e. The quantitative estimate of drug-likeness (QED) is 0.283. The van der Waals surface area contributed by atoms with E-state index in [0.717, 1.165) is 0 Å². The van der Waals surface area contributed by atoms with Crippen LogP contribution in [0, 0.1) is 0 Å². The van der Waals surface area contributed by atoms with E-state index in [2.05, 4.69) is 15.0 Å². The summed E-state index contributed by atoms with van der Waals surface area (Å²) in [5.74, 6) is 0. The molecule has 0 unspecified atom stereocenters. The Kier molecular flexibility index (Phi) is 7.05. The first-order valence-electron chi connectivity index (χ1n) is 5.41. The molecule has 0 aliphatic carbocycles. The van der Waals surface area contributed by atoms with Crippen molar-refractivity contribution in [1.29, 1.82) is 0 Å². The van der Waals surface area contributed by atoms with Crippen LogP contribution in [0.3, 0.4) is 0 Å². The Labute approximate surface area is 122 Å². The number of aromatic amines is 4. The van der Waals surface area contributed by atoms with Gasteiger partial charge in [-0.05, 0) is 0 Å². The Bertz CT molecular complexity index is 718. The van der Waals surface area contributed by atoms with E-state index in [0.29, 0.717) is 0 Å². The number of nitrogens with two attached hydrogens (primary N) is 1. The lowest BCUT2D eigenvalue weighted by Gasteiger charge is -2.20. The first-order valence-corrected chi connectivity index (χ1v) is 5.41. The van der Waals surface area contributed by atoms with E-state index in [4.69, 9.17) is 21.1 Å². The fraction of sp³-hybridized carbons (Fsp3) is 0.444. The summed E-state index contributed by atoms with van der Waals surface area (Å²) in [5, 5.41) is 25.0. The van der Waals surface area contributed by atoms with E-state index >= 15 is 0 Å². The van der Waals surface area contributed by atoms with Gasteiger partial charge < -0.3 is 21.1 Å². The van der Waals surface area contributed by atoms with Crippen LogP contribution in [0.2, 0.25) is 0 Å². The number of hydrogen-bond acceptors (Lipinski definition) is 7. The fourth-order valence-electron chi connectivity index (χ4n) is 1.11. The summed E-state index contributed by atoms with van der Waals surface area (Å²) in [6.07, 6.45) is 0. The highest BCUT2D eigenvalue weighted by molar-refractivity contribution is 5.85. The van der Waals surface area contributed by atoms with Crippen molar-refractivity contribution < 1.29 is 15.3 Å². The summed E-state index contributed by atoms with van der Waals surface area (Å²) in [7, 11) is 0. The van der Waals surface area contributed by atoms with Gasteiger partial charge in [-0.3, -0.25) is 24.7 Å². The summed E-state index contributed by atoms with van der Waals surface area (Å²) < 4.78 is 0. The van der Waals surface area contributed by atoms with Crippen molar-refractivity contribution in [2.45, 2.75) is 5.54 Å². The first kappa shape index (κ1) is 19.1. The molecule has 0 radical (unpaired) electrons. The minimum atomic E-state index is -1.21. The third kappa shape index (κ3) is 4.84. The van der Waals surface area contributed by atoms with Gasteiger partial charge in [0, 0.05) is 0 Å². The van der Waals surface area contributed by atoms with Crippen molar-refractivity contribution in [2.24, 2.45) is 5.73 Å². The zero-order valence-corrected chi connectivity index (χ0v) is 11.5. The lowest BCUT2D eigenvalue weighted by atomic mass is 10.1. The molecule has 0 saturated heterocycles. The van der Waals surface area contributed by atoms with Crippen LogP contribution in [0.4, 0.5) is 0 Å². The Morgan fingerprint density at radius 3 is 1.67 bits per heavy atom. The van der Waals surface area contributed by atoms with Crippen molar-refractivity contribution in [3.8, 4) is 0 Å². The van der Waals surface area contributed by atoms with Gasteiger partial charge in [-0.25, -0.2) is 9.59 Å². The van der Waals surface area contributed by atoms with E-state index in [1.165, 1.54) is 0 Å². The second-order valence-electron chi connectivity index (χ2n) is 4.07. The molecule has 2 aromatic heterocycles. The van der Waals surface area contributed by atoms with E-state index in [-0.39, 0.29) is 23.6 Å². The maximum Gasteiger partial charge on any atom is 0.327 e. The molecule has 0 aliphatic heterocycles. The Balaban J connectivity index is 0.000000397. The van der Waals surface area contributed by atoms with Gasteiger partial charge in [0.05, 0.1) is 25.4 Å². The number of imidazole rings is 1. The van der Waals surface area contributed by atoms with E-state index < -0.39 is 42.3 Å². The van der Waals surface area contributed by atoms with Crippen LogP contribution < -0.4 is 22.7 Å². The van der Waals surface area contributed by atoms with Crippen LogP contribution in [-0.2, 0) is 0 Å². The molecule has 0 atom stereocenters. The van der Waals surface area contributed by atoms with Crippen LogP contribution in [0.1, 0.15) is 0 Å². The molecule has 21 heavy (non-hydrogen) atoms. The predicted octanol–water partition coefficient (Wildman–Crippen LogP) is -3.68. The molecule has 12 heteroatoms. The molecule has 0 bridgehead atoms. The number of aliphatic hydroxyl groups excluding tert-OH is 3. The van der Waals surface area contributed by atoms with Gasteiger partial charge in [-0.15, -0.1) is 12.4 Å². The number of hydrogen-bond donors (Lipinski definition) is 8. The average molecular weight is 326 g/mol. The van der Waals surface area contributed by atoms with Gasteiger partial charge in [0.25, 0.3) is 5.56 Å². The molecule has 120 valence electrons. The first-order chi connectivity index (χ1) is 9.35. The number of H-pyrrole nitrogens is 4. The second kappa shape index (κ2) is 7.75. The topological polar surface area (TPSA) is 201 Å². The zero-order chi connectivity index (χ0) is 15.3. The standard InChI is InChI=1S/C5H4N4O3.C4H11NO3.ClH/c10-3-1-2(7-4(11)6-1)8-5(12)9-3;5-4(1-6,2-7)3-8;/h(H4,6,7,8,9,10,11,12);6-8H,1-3,5H2;1H. The SMILES string of the molecule is Cl.NC(CO)(CO)CO.O=c1[nH]c(=O)c2[nH]c(=O)[nH]c2[nH]1. The molecular weight excluding hydrogens is 310 g/mol. The van der Waals surface area contributed by atoms with Crippen LogP contribution in [-0.4, -0.2) is 60.6 Å². The van der Waals surface area contributed by atoms with Crippen LogP contribution in [0.15, 0.2) is 14.4 Å². The van der Waals surface area contributed by atoms with E-state index in [1.807, 2.05) is 4.98 Å². The summed E-state index contributed by atoms with van der Waals surface area (Å²) >= 11 is 0. The Morgan fingerprint density at radius 1 is 0.857 bits per heavy atom. The molecule has 0 aliphatic rings. The molecule has 2 heterocycles. The summed E-state index contributed by atoms with van der Waals surface area (Å²) in [6.45, 7) is -1.21. The molecule has 0 saturated carbocycles. The third-order valence-electron chi connectivity index (χ3n) is 2.36.